The van der Waals surface area contributed by atoms with Crippen LogP contribution in [0.15, 0.2) is 36.4 Å². The lowest BCUT2D eigenvalue weighted by atomic mass is 10.2. The van der Waals surface area contributed by atoms with E-state index in [-0.39, 0.29) is 11.9 Å². The fourth-order valence-corrected chi connectivity index (χ4v) is 3.24. The lowest BCUT2D eigenvalue weighted by Crippen LogP contribution is -2.42. The van der Waals surface area contributed by atoms with Gasteiger partial charge in [0.05, 0.1) is 10.4 Å². The second kappa shape index (κ2) is 7.97. The van der Waals surface area contributed by atoms with E-state index in [1.807, 2.05) is 55.3 Å². The van der Waals surface area contributed by atoms with Crippen LogP contribution in [0.1, 0.15) is 17.4 Å². The summed E-state index contributed by atoms with van der Waals surface area (Å²) < 4.78 is 0.767. The Hall–Kier alpha value is -1.07. The van der Waals surface area contributed by atoms with Gasteiger partial charge in [0.25, 0.3) is 0 Å². The van der Waals surface area contributed by atoms with E-state index in [2.05, 4.69) is 5.32 Å². The minimum atomic E-state index is -0.215. The van der Waals surface area contributed by atoms with Crippen LogP contribution in [-0.2, 0) is 17.9 Å². The van der Waals surface area contributed by atoms with Crippen LogP contribution in [0, 0.1) is 0 Å². The van der Waals surface area contributed by atoms with E-state index in [9.17, 15) is 4.79 Å². The molecule has 0 aliphatic rings. The third kappa shape index (κ3) is 4.99. The van der Waals surface area contributed by atoms with E-state index in [1.54, 1.807) is 0 Å². The van der Waals surface area contributed by atoms with Gasteiger partial charge in [-0.1, -0.05) is 35.3 Å². The molecule has 0 bridgehead atoms. The highest BCUT2D eigenvalue weighted by molar-refractivity contribution is 7.16. The molecule has 0 fully saturated rings. The van der Waals surface area contributed by atoms with Gasteiger partial charge >= 0.3 is 0 Å². The molecule has 1 heterocycles. The number of carbonyl (C=O) groups is 1. The Kier molecular flexibility index (Phi) is 6.26. The van der Waals surface area contributed by atoms with Crippen LogP contribution in [0.2, 0.25) is 9.36 Å². The first kappa shape index (κ1) is 17.3. The van der Waals surface area contributed by atoms with Crippen molar-refractivity contribution < 1.29 is 4.79 Å². The predicted molar refractivity (Wildman–Crippen MR) is 93.6 cm³/mol. The number of amides is 1. The molecule has 22 heavy (non-hydrogen) atoms. The van der Waals surface area contributed by atoms with Crippen molar-refractivity contribution in [3.63, 3.8) is 0 Å². The normalized spacial score (nSPS) is 12.4. The lowest BCUT2D eigenvalue weighted by molar-refractivity contribution is -0.125. The highest BCUT2D eigenvalue weighted by Gasteiger charge is 2.18. The van der Waals surface area contributed by atoms with E-state index in [0.717, 1.165) is 14.8 Å². The molecular weight excluding hydrogens is 339 g/mol. The Bertz CT molecular complexity index is 627. The molecule has 118 valence electrons. The van der Waals surface area contributed by atoms with Gasteiger partial charge in [-0.25, -0.2) is 0 Å². The SMILES string of the molecule is C[C@@H](C(=O)NCc1ccc(Cl)cc1)N(C)Cc1ccc(Cl)s1. The van der Waals surface area contributed by atoms with Gasteiger partial charge in [0.15, 0.2) is 0 Å². The fraction of sp³-hybridized carbons (Fsp3) is 0.312. The standard InChI is InChI=1S/C16H18Cl2N2OS/c1-11(20(2)10-14-7-8-15(18)22-14)16(21)19-9-12-3-5-13(17)6-4-12/h3-8,11H,9-10H2,1-2H3,(H,19,21)/t11-/m0/s1. The molecule has 1 amide bonds. The van der Waals surface area contributed by atoms with E-state index < -0.39 is 0 Å². The van der Waals surface area contributed by atoms with E-state index in [4.69, 9.17) is 23.2 Å². The Morgan fingerprint density at radius 2 is 1.91 bits per heavy atom. The average molecular weight is 357 g/mol. The molecule has 0 aliphatic carbocycles. The van der Waals surface area contributed by atoms with Crippen molar-refractivity contribution in [2.75, 3.05) is 7.05 Å². The lowest BCUT2D eigenvalue weighted by Gasteiger charge is -2.23. The molecular formula is C16H18Cl2N2OS. The zero-order chi connectivity index (χ0) is 16.1. The first-order valence-electron chi connectivity index (χ1n) is 6.92. The second-order valence-corrected chi connectivity index (χ2v) is 7.38. The van der Waals surface area contributed by atoms with Gasteiger partial charge in [-0.3, -0.25) is 9.69 Å². The van der Waals surface area contributed by atoms with Crippen molar-refractivity contribution in [1.82, 2.24) is 10.2 Å². The van der Waals surface area contributed by atoms with Gasteiger partial charge in [0.2, 0.25) is 5.91 Å². The Morgan fingerprint density at radius 3 is 2.50 bits per heavy atom. The minimum absolute atomic E-state index is 0.0000954. The maximum Gasteiger partial charge on any atom is 0.237 e. The molecule has 0 spiro atoms. The largest absolute Gasteiger partial charge is 0.351 e. The van der Waals surface area contributed by atoms with Crippen molar-refractivity contribution in [3.8, 4) is 0 Å². The van der Waals surface area contributed by atoms with Gasteiger partial charge in [0, 0.05) is 23.0 Å². The number of halogens is 2. The summed E-state index contributed by atoms with van der Waals surface area (Å²) in [5.74, 6) is 0.0000954. The average Bonchev–Trinajstić information content (AvgIpc) is 2.90. The van der Waals surface area contributed by atoms with E-state index in [1.165, 1.54) is 11.3 Å². The molecule has 0 unspecified atom stereocenters. The number of thiophene rings is 1. The molecule has 0 saturated carbocycles. The predicted octanol–water partition coefficient (Wildman–Crippen LogP) is 4.19. The molecule has 1 N–H and O–H groups in total. The zero-order valence-electron chi connectivity index (χ0n) is 12.5. The summed E-state index contributed by atoms with van der Waals surface area (Å²) in [6.07, 6.45) is 0. The van der Waals surface area contributed by atoms with Gasteiger partial charge in [0.1, 0.15) is 0 Å². The third-order valence-electron chi connectivity index (χ3n) is 3.45. The summed E-state index contributed by atoms with van der Waals surface area (Å²) in [7, 11) is 1.93. The summed E-state index contributed by atoms with van der Waals surface area (Å²) in [4.78, 5) is 15.4. The first-order chi connectivity index (χ1) is 10.5. The van der Waals surface area contributed by atoms with E-state index >= 15 is 0 Å². The van der Waals surface area contributed by atoms with Gasteiger partial charge in [-0.05, 0) is 43.8 Å². The molecule has 1 atom stereocenters. The number of likely N-dealkylation sites (N-methyl/N-ethyl adjacent to an activating group) is 1. The zero-order valence-corrected chi connectivity index (χ0v) is 14.8. The summed E-state index contributed by atoms with van der Waals surface area (Å²) >= 11 is 13.3. The van der Waals surface area contributed by atoms with Crippen molar-refractivity contribution >= 4 is 40.4 Å². The van der Waals surface area contributed by atoms with Gasteiger partial charge in [-0.2, -0.15) is 0 Å². The molecule has 0 saturated heterocycles. The topological polar surface area (TPSA) is 32.3 Å². The molecule has 6 heteroatoms. The number of hydrogen-bond acceptors (Lipinski definition) is 3. The van der Waals surface area contributed by atoms with Crippen molar-refractivity contribution in [3.05, 3.63) is 56.2 Å². The number of nitrogens with one attached hydrogen (secondary N) is 1. The van der Waals surface area contributed by atoms with Crippen molar-refractivity contribution in [2.24, 2.45) is 0 Å². The van der Waals surface area contributed by atoms with Gasteiger partial charge in [-0.15, -0.1) is 11.3 Å². The van der Waals surface area contributed by atoms with Crippen LogP contribution in [0.3, 0.4) is 0 Å². The Labute approximate surface area is 144 Å². The molecule has 0 radical (unpaired) electrons. The highest BCUT2D eigenvalue weighted by atomic mass is 35.5. The summed E-state index contributed by atoms with van der Waals surface area (Å²) in [6.45, 7) is 3.10. The van der Waals surface area contributed by atoms with Crippen molar-refractivity contribution in [1.29, 1.82) is 0 Å². The van der Waals surface area contributed by atoms with E-state index in [0.29, 0.717) is 18.1 Å². The first-order valence-corrected chi connectivity index (χ1v) is 8.49. The second-order valence-electron chi connectivity index (χ2n) is 5.14. The molecule has 3 nitrogen and oxygen atoms in total. The maximum atomic E-state index is 12.2. The molecule has 1 aromatic carbocycles. The molecule has 2 aromatic rings. The number of carbonyl (C=O) groups excluding carboxylic acids is 1. The van der Waals surface area contributed by atoms with Crippen LogP contribution in [0.25, 0.3) is 0 Å². The quantitative estimate of drug-likeness (QED) is 0.841. The number of benzene rings is 1. The monoisotopic (exact) mass is 356 g/mol. The summed E-state index contributed by atoms with van der Waals surface area (Å²) in [5.41, 5.74) is 1.03. The van der Waals surface area contributed by atoms with Crippen LogP contribution < -0.4 is 5.32 Å². The fourth-order valence-electron chi connectivity index (χ4n) is 1.96. The summed E-state index contributed by atoms with van der Waals surface area (Å²) in [6, 6.07) is 11.1. The summed E-state index contributed by atoms with van der Waals surface area (Å²) in [5, 5.41) is 3.64. The number of nitrogens with zero attached hydrogens (tertiary/aromatic N) is 1. The molecule has 1 aromatic heterocycles. The molecule has 0 aliphatic heterocycles. The smallest absolute Gasteiger partial charge is 0.237 e. The Morgan fingerprint density at radius 1 is 1.23 bits per heavy atom. The minimum Gasteiger partial charge on any atom is -0.351 e. The maximum absolute atomic E-state index is 12.2. The van der Waals surface area contributed by atoms with Crippen LogP contribution in [0.5, 0.6) is 0 Å². The Balaban J connectivity index is 1.84. The highest BCUT2D eigenvalue weighted by Crippen LogP contribution is 2.22. The number of rotatable bonds is 6. The number of hydrogen-bond donors (Lipinski definition) is 1. The van der Waals surface area contributed by atoms with Crippen molar-refractivity contribution in [2.45, 2.75) is 26.1 Å². The van der Waals surface area contributed by atoms with Crippen LogP contribution in [0.4, 0.5) is 0 Å². The van der Waals surface area contributed by atoms with Crippen LogP contribution >= 0.6 is 34.5 Å². The van der Waals surface area contributed by atoms with Crippen LogP contribution in [-0.4, -0.2) is 23.9 Å². The molecule has 2 rings (SSSR count). The van der Waals surface area contributed by atoms with Gasteiger partial charge < -0.3 is 5.32 Å². The third-order valence-corrected chi connectivity index (χ3v) is 4.92.